The van der Waals surface area contributed by atoms with Gasteiger partial charge in [-0.3, -0.25) is 14.2 Å². The lowest BCUT2D eigenvalue weighted by molar-refractivity contribution is -0.130. The fraction of sp³-hybridized carbons (Fsp3) is 0.156. The van der Waals surface area contributed by atoms with E-state index < -0.39 is 0 Å². The number of aromatic nitrogens is 3. The van der Waals surface area contributed by atoms with Gasteiger partial charge in [0.05, 0.1) is 36.0 Å². The third-order valence-electron chi connectivity index (χ3n) is 7.00. The quantitative estimate of drug-likeness (QED) is 0.195. The Balaban J connectivity index is 1.21. The number of benzene rings is 3. The van der Waals surface area contributed by atoms with Crippen LogP contribution in [0.25, 0.3) is 5.69 Å². The van der Waals surface area contributed by atoms with Gasteiger partial charge in [-0.15, -0.1) is 21.5 Å². The third kappa shape index (κ3) is 6.41. The Morgan fingerprint density at radius 3 is 2.59 bits per heavy atom. The monoisotopic (exact) mass is 626 g/mol. The number of para-hydroxylation sites is 1. The number of thioether (sulfide) groups is 1. The Morgan fingerprint density at radius 2 is 1.84 bits per heavy atom. The minimum Gasteiger partial charge on any atom is -0.497 e. The van der Waals surface area contributed by atoms with Crippen molar-refractivity contribution >= 4 is 40.6 Å². The number of nitrogens with one attached hydrogen (secondary N) is 1. The van der Waals surface area contributed by atoms with Crippen molar-refractivity contribution in [2.24, 2.45) is 5.10 Å². The average molecular weight is 627 g/mol. The number of nitrogens with zero attached hydrogens (tertiary/aromatic N) is 5. The molecule has 1 atom stereocenters. The molecule has 1 aliphatic heterocycles. The maximum atomic E-state index is 13.7. The van der Waals surface area contributed by atoms with Gasteiger partial charge in [-0.25, -0.2) is 9.40 Å². The molecular weight excluding hydrogens is 600 g/mol. The zero-order valence-electron chi connectivity index (χ0n) is 23.6. The Hall–Kier alpha value is -4.81. The van der Waals surface area contributed by atoms with Crippen molar-refractivity contribution in [2.75, 3.05) is 12.9 Å². The molecule has 1 N–H and O–H groups in total. The van der Waals surface area contributed by atoms with E-state index in [-0.39, 0.29) is 36.0 Å². The lowest BCUT2D eigenvalue weighted by Gasteiger charge is -2.22. The first-order chi connectivity index (χ1) is 21.5. The lowest BCUT2D eigenvalue weighted by Crippen LogP contribution is -2.28. The summed E-state index contributed by atoms with van der Waals surface area (Å²) in [5.41, 5.74) is 2.87. The fourth-order valence-corrected chi connectivity index (χ4v) is 6.38. The second-order valence-corrected chi connectivity index (χ2v) is 11.7. The number of amides is 2. The third-order valence-corrected chi connectivity index (χ3v) is 8.84. The highest BCUT2D eigenvalue weighted by Crippen LogP contribution is 2.35. The number of carbonyl (C=O) groups excluding carboxylic acids is 2. The van der Waals surface area contributed by atoms with Gasteiger partial charge in [0.1, 0.15) is 11.6 Å². The van der Waals surface area contributed by atoms with Gasteiger partial charge >= 0.3 is 0 Å². The number of thiophene rings is 1. The number of hydrogen-bond acceptors (Lipinski definition) is 8. The van der Waals surface area contributed by atoms with Crippen LogP contribution in [0.3, 0.4) is 0 Å². The predicted octanol–water partition coefficient (Wildman–Crippen LogP) is 5.88. The standard InChI is InChI=1S/C32H27FN6O3S2/c1-42-25-10-5-7-22(17-25)31(41)34-19-29-35-36-32(38(29)24-8-3-2-4-9-24)44-20-30(40)39-27(21-12-14-23(33)15-13-21)18-26(37-39)28-11-6-16-43-28/h2-17,27H,18-20H2,1H3,(H,34,41). The highest BCUT2D eigenvalue weighted by Gasteiger charge is 2.33. The van der Waals surface area contributed by atoms with Crippen LogP contribution < -0.4 is 10.1 Å². The van der Waals surface area contributed by atoms with Crippen molar-refractivity contribution < 1.29 is 18.7 Å². The summed E-state index contributed by atoms with van der Waals surface area (Å²) >= 11 is 2.80. The number of ether oxygens (including phenoxy) is 1. The largest absolute Gasteiger partial charge is 0.497 e. The van der Waals surface area contributed by atoms with E-state index in [0.717, 1.165) is 21.8 Å². The van der Waals surface area contributed by atoms with E-state index in [1.54, 1.807) is 54.8 Å². The van der Waals surface area contributed by atoms with Gasteiger partial charge in [0.2, 0.25) is 0 Å². The molecule has 0 fully saturated rings. The lowest BCUT2D eigenvalue weighted by atomic mass is 10.0. The van der Waals surface area contributed by atoms with E-state index in [9.17, 15) is 14.0 Å². The molecule has 1 unspecified atom stereocenters. The Morgan fingerprint density at radius 1 is 1.02 bits per heavy atom. The summed E-state index contributed by atoms with van der Waals surface area (Å²) in [4.78, 5) is 27.5. The topological polar surface area (TPSA) is 102 Å². The molecule has 9 nitrogen and oxygen atoms in total. The number of methoxy groups -OCH3 is 1. The molecule has 0 radical (unpaired) electrons. The van der Waals surface area contributed by atoms with Crippen molar-refractivity contribution in [2.45, 2.75) is 24.2 Å². The first-order valence-corrected chi connectivity index (χ1v) is 15.6. The minimum absolute atomic E-state index is 0.0417. The number of hydrazone groups is 1. The van der Waals surface area contributed by atoms with Gasteiger partial charge in [-0.2, -0.15) is 5.10 Å². The molecule has 222 valence electrons. The molecule has 44 heavy (non-hydrogen) atoms. The summed E-state index contributed by atoms with van der Waals surface area (Å²) in [5, 5.41) is 20.3. The molecule has 0 bridgehead atoms. The molecule has 12 heteroatoms. The molecule has 3 aromatic carbocycles. The first-order valence-electron chi connectivity index (χ1n) is 13.7. The van der Waals surface area contributed by atoms with Crippen LogP contribution in [0.15, 0.2) is 107 Å². The molecule has 5 aromatic rings. The smallest absolute Gasteiger partial charge is 0.253 e. The number of carbonyl (C=O) groups is 2. The SMILES string of the molecule is COc1cccc(C(=O)NCc2nnc(SCC(=O)N3N=C(c4cccs4)CC3c3ccc(F)cc3)n2-c2ccccc2)c1. The van der Waals surface area contributed by atoms with Crippen LogP contribution in [0.1, 0.15) is 39.1 Å². The van der Waals surface area contributed by atoms with Crippen molar-refractivity contribution in [3.63, 3.8) is 0 Å². The fourth-order valence-electron chi connectivity index (χ4n) is 4.84. The molecule has 0 saturated carbocycles. The number of halogens is 1. The number of rotatable bonds is 10. The summed E-state index contributed by atoms with van der Waals surface area (Å²) < 4.78 is 20.7. The van der Waals surface area contributed by atoms with E-state index >= 15 is 0 Å². The summed E-state index contributed by atoms with van der Waals surface area (Å²) in [6, 6.07) is 26.1. The molecule has 0 aliphatic carbocycles. The van der Waals surface area contributed by atoms with Crippen LogP contribution in [-0.2, 0) is 11.3 Å². The van der Waals surface area contributed by atoms with Crippen molar-refractivity contribution in [1.82, 2.24) is 25.1 Å². The van der Waals surface area contributed by atoms with Gasteiger partial charge in [-0.1, -0.05) is 54.2 Å². The maximum absolute atomic E-state index is 13.7. The van der Waals surface area contributed by atoms with E-state index in [0.29, 0.717) is 28.7 Å². The van der Waals surface area contributed by atoms with Crippen LogP contribution >= 0.6 is 23.1 Å². The zero-order chi connectivity index (χ0) is 30.5. The van der Waals surface area contributed by atoms with Crippen molar-refractivity contribution in [3.8, 4) is 11.4 Å². The molecular formula is C32H27FN6O3S2. The van der Waals surface area contributed by atoms with Gasteiger partial charge in [0.25, 0.3) is 11.8 Å². The summed E-state index contributed by atoms with van der Waals surface area (Å²) in [6.07, 6.45) is 0.528. The van der Waals surface area contributed by atoms with Crippen molar-refractivity contribution in [3.05, 3.63) is 124 Å². The Bertz CT molecular complexity index is 1790. The van der Waals surface area contributed by atoms with Crippen molar-refractivity contribution in [1.29, 1.82) is 0 Å². The molecule has 2 aromatic heterocycles. The second-order valence-electron chi connectivity index (χ2n) is 9.81. The minimum atomic E-state index is -0.352. The Labute approximate surface area is 261 Å². The molecule has 2 amide bonds. The van der Waals surface area contributed by atoms with Gasteiger partial charge in [-0.05, 0) is 59.5 Å². The summed E-state index contributed by atoms with van der Waals surface area (Å²) in [6.45, 7) is 0.111. The molecule has 0 spiro atoms. The Kier molecular flexibility index (Phi) is 8.80. The normalized spacial score (nSPS) is 14.4. The molecule has 6 rings (SSSR count). The van der Waals surface area contributed by atoms with Crippen LogP contribution in [0.2, 0.25) is 0 Å². The van der Waals surface area contributed by atoms with E-state index in [4.69, 9.17) is 9.84 Å². The van der Waals surface area contributed by atoms with Gasteiger partial charge in [0.15, 0.2) is 11.0 Å². The predicted molar refractivity (Wildman–Crippen MR) is 168 cm³/mol. The van der Waals surface area contributed by atoms with E-state index in [2.05, 4.69) is 15.5 Å². The second kappa shape index (κ2) is 13.2. The van der Waals surface area contributed by atoms with Crippen LogP contribution in [0.5, 0.6) is 5.75 Å². The van der Waals surface area contributed by atoms with E-state index in [1.807, 2.05) is 52.4 Å². The van der Waals surface area contributed by atoms with Gasteiger partial charge in [0, 0.05) is 17.7 Å². The average Bonchev–Trinajstić information content (AvgIpc) is 3.83. The van der Waals surface area contributed by atoms with Crippen LogP contribution in [0.4, 0.5) is 4.39 Å². The molecule has 1 aliphatic rings. The van der Waals surface area contributed by atoms with Crippen LogP contribution in [0, 0.1) is 5.82 Å². The first kappa shape index (κ1) is 29.3. The van der Waals surface area contributed by atoms with Crippen LogP contribution in [-0.4, -0.2) is 50.2 Å². The van der Waals surface area contributed by atoms with E-state index in [1.165, 1.54) is 28.9 Å². The molecule has 0 saturated heterocycles. The highest BCUT2D eigenvalue weighted by atomic mass is 32.2. The summed E-state index contributed by atoms with van der Waals surface area (Å²) in [5.74, 6) is 0.295. The highest BCUT2D eigenvalue weighted by molar-refractivity contribution is 7.99. The zero-order valence-corrected chi connectivity index (χ0v) is 25.2. The maximum Gasteiger partial charge on any atom is 0.253 e. The number of hydrogen-bond donors (Lipinski definition) is 1. The van der Waals surface area contributed by atoms with Gasteiger partial charge < -0.3 is 10.1 Å². The molecule has 3 heterocycles. The summed E-state index contributed by atoms with van der Waals surface area (Å²) in [7, 11) is 1.55.